The van der Waals surface area contributed by atoms with E-state index in [-0.39, 0.29) is 6.04 Å². The lowest BCUT2D eigenvalue weighted by Gasteiger charge is -2.35. The van der Waals surface area contributed by atoms with Gasteiger partial charge >= 0.3 is 0 Å². The van der Waals surface area contributed by atoms with E-state index in [1.165, 1.54) is 5.56 Å². The molecule has 4 nitrogen and oxygen atoms in total. The average Bonchev–Trinajstić information content (AvgIpc) is 2.53. The summed E-state index contributed by atoms with van der Waals surface area (Å²) in [4.78, 5) is 8.72. The fraction of sp³-hybridized carbons (Fsp3) is 0.474. The standard InChI is InChI=1S/C19H25N3O/c1-13(17-11-20-15(3)22-14(17)2)21-12-19(23)10-6-8-16-7-4-5-9-18(16)19/h4-5,7,9,11,13,21,23H,6,8,10,12H2,1-3H3. The van der Waals surface area contributed by atoms with Gasteiger partial charge in [-0.1, -0.05) is 24.3 Å². The van der Waals surface area contributed by atoms with Crippen LogP contribution in [0.3, 0.4) is 0 Å². The van der Waals surface area contributed by atoms with Crippen molar-refractivity contribution in [3.63, 3.8) is 0 Å². The highest BCUT2D eigenvalue weighted by Gasteiger charge is 2.34. The van der Waals surface area contributed by atoms with Crippen LogP contribution in [0.5, 0.6) is 0 Å². The molecule has 2 aromatic rings. The molecule has 1 aromatic carbocycles. The normalized spacial score (nSPS) is 21.7. The summed E-state index contributed by atoms with van der Waals surface area (Å²) in [5.74, 6) is 0.790. The van der Waals surface area contributed by atoms with Gasteiger partial charge in [0, 0.05) is 30.0 Å². The van der Waals surface area contributed by atoms with Crippen LogP contribution in [0, 0.1) is 13.8 Å². The molecule has 0 amide bonds. The Labute approximate surface area is 138 Å². The van der Waals surface area contributed by atoms with Crippen LogP contribution in [-0.2, 0) is 12.0 Å². The number of aliphatic hydroxyl groups is 1. The molecule has 0 aliphatic heterocycles. The second-order valence-electron chi connectivity index (χ2n) is 6.60. The lowest BCUT2D eigenvalue weighted by Crippen LogP contribution is -2.41. The van der Waals surface area contributed by atoms with Crippen LogP contribution < -0.4 is 5.32 Å². The van der Waals surface area contributed by atoms with Crippen molar-refractivity contribution in [3.05, 3.63) is 58.7 Å². The first-order valence-electron chi connectivity index (χ1n) is 8.34. The van der Waals surface area contributed by atoms with Crippen LogP contribution >= 0.6 is 0 Å². The van der Waals surface area contributed by atoms with E-state index in [1.54, 1.807) is 0 Å². The monoisotopic (exact) mass is 311 g/mol. The fourth-order valence-corrected chi connectivity index (χ4v) is 3.53. The number of nitrogens with one attached hydrogen (secondary N) is 1. The first-order chi connectivity index (χ1) is 11.0. The summed E-state index contributed by atoms with van der Waals surface area (Å²) >= 11 is 0. The van der Waals surface area contributed by atoms with Crippen LogP contribution in [0.2, 0.25) is 0 Å². The van der Waals surface area contributed by atoms with Crippen molar-refractivity contribution < 1.29 is 5.11 Å². The Morgan fingerprint density at radius 1 is 1.30 bits per heavy atom. The Morgan fingerprint density at radius 2 is 2.09 bits per heavy atom. The van der Waals surface area contributed by atoms with E-state index in [4.69, 9.17) is 0 Å². The number of nitrogens with zero attached hydrogens (tertiary/aromatic N) is 2. The van der Waals surface area contributed by atoms with Gasteiger partial charge in [0.1, 0.15) is 11.4 Å². The van der Waals surface area contributed by atoms with Crippen LogP contribution in [0.15, 0.2) is 30.5 Å². The number of fused-ring (bicyclic) bond motifs is 1. The minimum atomic E-state index is -0.789. The number of hydrogen-bond acceptors (Lipinski definition) is 4. The third kappa shape index (κ3) is 3.28. The first-order valence-corrected chi connectivity index (χ1v) is 8.34. The maximum atomic E-state index is 11.1. The molecule has 0 spiro atoms. The van der Waals surface area contributed by atoms with Gasteiger partial charge in [-0.2, -0.15) is 0 Å². The third-order valence-corrected chi connectivity index (χ3v) is 4.86. The van der Waals surface area contributed by atoms with Gasteiger partial charge < -0.3 is 10.4 Å². The highest BCUT2D eigenvalue weighted by atomic mass is 16.3. The maximum absolute atomic E-state index is 11.1. The van der Waals surface area contributed by atoms with E-state index in [0.29, 0.717) is 6.54 Å². The zero-order chi connectivity index (χ0) is 16.4. The van der Waals surface area contributed by atoms with Gasteiger partial charge in [-0.25, -0.2) is 9.97 Å². The van der Waals surface area contributed by atoms with E-state index in [2.05, 4.69) is 34.3 Å². The molecule has 3 rings (SSSR count). The van der Waals surface area contributed by atoms with E-state index >= 15 is 0 Å². The molecular weight excluding hydrogens is 286 g/mol. The van der Waals surface area contributed by atoms with Crippen molar-refractivity contribution in [1.82, 2.24) is 15.3 Å². The average molecular weight is 311 g/mol. The molecule has 1 aromatic heterocycles. The topological polar surface area (TPSA) is 58.0 Å². The second kappa shape index (κ2) is 6.38. The molecular formula is C19H25N3O. The summed E-state index contributed by atoms with van der Waals surface area (Å²) in [5, 5.41) is 14.6. The van der Waals surface area contributed by atoms with Gasteiger partial charge in [0.2, 0.25) is 0 Å². The van der Waals surface area contributed by atoms with Gasteiger partial charge in [-0.15, -0.1) is 0 Å². The largest absolute Gasteiger partial charge is 0.384 e. The van der Waals surface area contributed by atoms with E-state index < -0.39 is 5.60 Å². The number of benzene rings is 1. The molecule has 2 atom stereocenters. The fourth-order valence-electron chi connectivity index (χ4n) is 3.53. The zero-order valence-corrected chi connectivity index (χ0v) is 14.1. The van der Waals surface area contributed by atoms with Crippen molar-refractivity contribution >= 4 is 0 Å². The van der Waals surface area contributed by atoms with Gasteiger partial charge in [0.15, 0.2) is 0 Å². The molecule has 1 heterocycles. The van der Waals surface area contributed by atoms with Gasteiger partial charge in [-0.05, 0) is 51.2 Å². The smallest absolute Gasteiger partial charge is 0.125 e. The predicted molar refractivity (Wildman–Crippen MR) is 91.2 cm³/mol. The maximum Gasteiger partial charge on any atom is 0.125 e. The molecule has 0 bridgehead atoms. The minimum Gasteiger partial charge on any atom is -0.384 e. The quantitative estimate of drug-likeness (QED) is 0.911. The number of aromatic nitrogens is 2. The van der Waals surface area contributed by atoms with Crippen molar-refractivity contribution in [3.8, 4) is 0 Å². The number of rotatable bonds is 4. The molecule has 1 aliphatic carbocycles. The van der Waals surface area contributed by atoms with Gasteiger partial charge in [-0.3, -0.25) is 0 Å². The summed E-state index contributed by atoms with van der Waals surface area (Å²) in [6.07, 6.45) is 4.76. The van der Waals surface area contributed by atoms with E-state index in [1.807, 2.05) is 32.2 Å². The van der Waals surface area contributed by atoms with Crippen LogP contribution in [0.4, 0.5) is 0 Å². The van der Waals surface area contributed by atoms with Gasteiger partial charge in [0.25, 0.3) is 0 Å². The Balaban J connectivity index is 1.75. The summed E-state index contributed by atoms with van der Waals surface area (Å²) in [6.45, 7) is 6.54. The Hall–Kier alpha value is -1.78. The number of aryl methyl sites for hydroxylation is 3. The summed E-state index contributed by atoms with van der Waals surface area (Å²) in [7, 11) is 0. The molecule has 2 N–H and O–H groups in total. The lowest BCUT2D eigenvalue weighted by molar-refractivity contribution is 0.0170. The molecule has 1 aliphatic rings. The Bertz CT molecular complexity index is 701. The molecule has 0 fully saturated rings. The minimum absolute atomic E-state index is 0.105. The highest BCUT2D eigenvalue weighted by Crippen LogP contribution is 2.35. The van der Waals surface area contributed by atoms with Crippen LogP contribution in [0.1, 0.15) is 54.0 Å². The molecule has 2 unspecified atom stereocenters. The second-order valence-corrected chi connectivity index (χ2v) is 6.60. The van der Waals surface area contributed by atoms with Crippen LogP contribution in [-0.4, -0.2) is 21.6 Å². The zero-order valence-electron chi connectivity index (χ0n) is 14.1. The van der Waals surface area contributed by atoms with Crippen molar-refractivity contribution in [1.29, 1.82) is 0 Å². The molecule has 122 valence electrons. The lowest BCUT2D eigenvalue weighted by atomic mass is 9.79. The van der Waals surface area contributed by atoms with E-state index in [0.717, 1.165) is 41.9 Å². The van der Waals surface area contributed by atoms with Crippen molar-refractivity contribution in [2.24, 2.45) is 0 Å². The van der Waals surface area contributed by atoms with Gasteiger partial charge in [0.05, 0.1) is 0 Å². The third-order valence-electron chi connectivity index (χ3n) is 4.86. The number of hydrogen-bond donors (Lipinski definition) is 2. The molecule has 23 heavy (non-hydrogen) atoms. The molecule has 0 saturated carbocycles. The Morgan fingerprint density at radius 3 is 2.87 bits per heavy atom. The Kier molecular flexibility index (Phi) is 4.46. The summed E-state index contributed by atoms with van der Waals surface area (Å²) in [5.41, 5.74) is 3.63. The summed E-state index contributed by atoms with van der Waals surface area (Å²) in [6, 6.07) is 8.35. The summed E-state index contributed by atoms with van der Waals surface area (Å²) < 4.78 is 0. The van der Waals surface area contributed by atoms with Crippen molar-refractivity contribution in [2.75, 3.05) is 6.54 Å². The predicted octanol–water partition coefficient (Wildman–Crippen LogP) is 2.97. The molecule has 0 saturated heterocycles. The van der Waals surface area contributed by atoms with E-state index in [9.17, 15) is 5.11 Å². The molecule has 4 heteroatoms. The SMILES string of the molecule is Cc1ncc(C(C)NCC2(O)CCCc3ccccc32)c(C)n1. The first kappa shape index (κ1) is 16.1. The molecule has 0 radical (unpaired) electrons. The van der Waals surface area contributed by atoms with Crippen molar-refractivity contribution in [2.45, 2.75) is 51.7 Å². The highest BCUT2D eigenvalue weighted by molar-refractivity contribution is 5.35. The van der Waals surface area contributed by atoms with Crippen LogP contribution in [0.25, 0.3) is 0 Å².